The zero-order valence-electron chi connectivity index (χ0n) is 15.2. The largest absolute Gasteiger partial charge is 0.493 e. The van der Waals surface area contributed by atoms with E-state index in [-0.39, 0.29) is 18.6 Å². The second-order valence-electron chi connectivity index (χ2n) is 6.60. The molecule has 2 aromatic carbocycles. The number of ether oxygens (including phenoxy) is 2. The summed E-state index contributed by atoms with van der Waals surface area (Å²) in [4.78, 5) is 17.0. The fourth-order valence-electron chi connectivity index (χ4n) is 3.29. The number of carbonyl (C=O) groups is 1. The molecule has 1 aromatic heterocycles. The topological polar surface area (TPSA) is 60.5 Å². The maximum absolute atomic E-state index is 12.5. The normalized spacial score (nSPS) is 15.6. The van der Waals surface area contributed by atoms with Crippen LogP contribution in [0.2, 0.25) is 10.0 Å². The number of pyridine rings is 1. The van der Waals surface area contributed by atoms with Gasteiger partial charge in [-0.2, -0.15) is 0 Å². The van der Waals surface area contributed by atoms with Gasteiger partial charge in [-0.15, -0.1) is 0 Å². The maximum atomic E-state index is 12.5. The summed E-state index contributed by atoms with van der Waals surface area (Å²) < 4.78 is 11.4. The minimum Gasteiger partial charge on any atom is -0.493 e. The molecule has 1 atom stereocenters. The number of halogens is 2. The lowest BCUT2D eigenvalue weighted by molar-refractivity contribution is -0.124. The van der Waals surface area contributed by atoms with Crippen molar-refractivity contribution in [1.82, 2.24) is 10.3 Å². The first kappa shape index (κ1) is 18.8. The van der Waals surface area contributed by atoms with Crippen molar-refractivity contribution in [3.8, 4) is 11.5 Å². The molecule has 3 aromatic rings. The first-order valence-electron chi connectivity index (χ1n) is 8.92. The Morgan fingerprint density at radius 2 is 2.07 bits per heavy atom. The van der Waals surface area contributed by atoms with Gasteiger partial charge in [-0.25, -0.2) is 4.98 Å². The van der Waals surface area contributed by atoms with E-state index in [1.165, 1.54) is 0 Å². The Bertz CT molecular complexity index is 1060. The van der Waals surface area contributed by atoms with Crippen LogP contribution in [0, 0.1) is 6.92 Å². The van der Waals surface area contributed by atoms with E-state index in [0.717, 1.165) is 22.4 Å². The highest BCUT2D eigenvalue weighted by Crippen LogP contribution is 2.37. The molecule has 0 radical (unpaired) electrons. The quantitative estimate of drug-likeness (QED) is 0.658. The SMILES string of the molecule is Cc1ccc2c(Cl)cc(Cl)c(OCC(=O)N[C@@H]3CCOc4ccccc43)c2n1. The molecule has 0 unspecified atom stereocenters. The standard InChI is InChI=1S/C21H18Cl2N2O3/c1-12-6-7-13-15(22)10-16(23)21(20(13)24-12)28-11-19(26)25-17-8-9-27-18-5-3-2-4-14(17)18/h2-7,10,17H,8-9,11H2,1H3,(H,25,26)/t17-/m1/s1. The molecule has 0 bridgehead atoms. The number of nitrogens with one attached hydrogen (secondary N) is 1. The second kappa shape index (κ2) is 7.86. The number of hydrogen-bond donors (Lipinski definition) is 1. The Kier molecular flexibility index (Phi) is 5.29. The number of amides is 1. The van der Waals surface area contributed by atoms with Crippen LogP contribution in [0.4, 0.5) is 0 Å². The Hall–Kier alpha value is -2.50. The number of aryl methyl sites for hydroxylation is 1. The third-order valence-corrected chi connectivity index (χ3v) is 5.21. The van der Waals surface area contributed by atoms with Gasteiger partial charge in [-0.1, -0.05) is 41.4 Å². The molecule has 144 valence electrons. The smallest absolute Gasteiger partial charge is 0.258 e. The summed E-state index contributed by atoms with van der Waals surface area (Å²) in [6.07, 6.45) is 0.703. The van der Waals surface area contributed by atoms with Crippen LogP contribution in [-0.2, 0) is 4.79 Å². The van der Waals surface area contributed by atoms with E-state index in [2.05, 4.69) is 10.3 Å². The molecule has 0 saturated heterocycles. The summed E-state index contributed by atoms with van der Waals surface area (Å²) in [5.41, 5.74) is 2.31. The van der Waals surface area contributed by atoms with Gasteiger partial charge in [-0.3, -0.25) is 4.79 Å². The highest BCUT2D eigenvalue weighted by Gasteiger charge is 2.23. The van der Waals surface area contributed by atoms with Crippen molar-refractivity contribution < 1.29 is 14.3 Å². The number of nitrogens with zero attached hydrogens (tertiary/aromatic N) is 1. The van der Waals surface area contributed by atoms with Crippen LogP contribution in [0.3, 0.4) is 0 Å². The molecule has 1 N–H and O–H groups in total. The number of para-hydroxylation sites is 1. The van der Waals surface area contributed by atoms with Crippen LogP contribution in [0.1, 0.15) is 23.7 Å². The second-order valence-corrected chi connectivity index (χ2v) is 7.42. The highest BCUT2D eigenvalue weighted by molar-refractivity contribution is 6.39. The van der Waals surface area contributed by atoms with E-state index in [0.29, 0.717) is 34.3 Å². The first-order valence-corrected chi connectivity index (χ1v) is 9.68. The minimum absolute atomic E-state index is 0.112. The molecule has 4 rings (SSSR count). The van der Waals surface area contributed by atoms with E-state index >= 15 is 0 Å². The van der Waals surface area contributed by atoms with Gasteiger partial charge in [0, 0.05) is 23.1 Å². The Balaban J connectivity index is 1.51. The summed E-state index contributed by atoms with van der Waals surface area (Å²) >= 11 is 12.6. The van der Waals surface area contributed by atoms with Gasteiger partial charge in [0.2, 0.25) is 0 Å². The summed E-state index contributed by atoms with van der Waals surface area (Å²) in [5, 5.41) is 4.54. The van der Waals surface area contributed by atoms with Crippen molar-refractivity contribution in [1.29, 1.82) is 0 Å². The fourth-order valence-corrected chi connectivity index (χ4v) is 3.86. The molecule has 0 aliphatic carbocycles. The van der Waals surface area contributed by atoms with Gasteiger partial charge < -0.3 is 14.8 Å². The summed E-state index contributed by atoms with van der Waals surface area (Å²) in [6, 6.07) is 12.9. The van der Waals surface area contributed by atoms with Gasteiger partial charge in [-0.05, 0) is 31.2 Å². The lowest BCUT2D eigenvalue weighted by Gasteiger charge is -2.26. The molecule has 0 saturated carbocycles. The molecule has 1 aliphatic heterocycles. The molecule has 0 spiro atoms. The number of benzene rings is 2. The number of aromatic nitrogens is 1. The molecule has 1 amide bonds. The lowest BCUT2D eigenvalue weighted by Crippen LogP contribution is -2.35. The van der Waals surface area contributed by atoms with Crippen LogP contribution in [-0.4, -0.2) is 24.1 Å². The third-order valence-electron chi connectivity index (χ3n) is 4.62. The monoisotopic (exact) mass is 416 g/mol. The molecular formula is C21H18Cl2N2O3. The Morgan fingerprint density at radius 1 is 1.25 bits per heavy atom. The Labute approximate surface area is 172 Å². The van der Waals surface area contributed by atoms with Crippen LogP contribution < -0.4 is 14.8 Å². The third kappa shape index (κ3) is 3.73. The van der Waals surface area contributed by atoms with Gasteiger partial charge in [0.1, 0.15) is 11.3 Å². The van der Waals surface area contributed by atoms with Crippen molar-refractivity contribution in [3.05, 3.63) is 63.8 Å². The summed E-state index contributed by atoms with van der Waals surface area (Å²) in [6.45, 7) is 2.25. The Morgan fingerprint density at radius 3 is 2.93 bits per heavy atom. The summed E-state index contributed by atoms with van der Waals surface area (Å²) in [7, 11) is 0. The van der Waals surface area contributed by atoms with Crippen molar-refractivity contribution in [2.24, 2.45) is 0 Å². The zero-order valence-corrected chi connectivity index (χ0v) is 16.7. The minimum atomic E-state index is -0.242. The molecule has 2 heterocycles. The molecule has 1 aliphatic rings. The fraction of sp³-hybridized carbons (Fsp3) is 0.238. The number of rotatable bonds is 4. The lowest BCUT2D eigenvalue weighted by atomic mass is 10.0. The average Bonchev–Trinajstić information content (AvgIpc) is 2.68. The van der Waals surface area contributed by atoms with Crippen LogP contribution in [0.25, 0.3) is 10.9 Å². The molecule has 5 nitrogen and oxygen atoms in total. The first-order chi connectivity index (χ1) is 13.5. The molecule has 28 heavy (non-hydrogen) atoms. The maximum Gasteiger partial charge on any atom is 0.258 e. The van der Waals surface area contributed by atoms with Crippen LogP contribution in [0.5, 0.6) is 11.5 Å². The van der Waals surface area contributed by atoms with E-state index in [9.17, 15) is 4.79 Å². The highest BCUT2D eigenvalue weighted by atomic mass is 35.5. The summed E-state index contributed by atoms with van der Waals surface area (Å²) in [5.74, 6) is 0.909. The van der Waals surface area contributed by atoms with E-state index in [1.807, 2.05) is 43.3 Å². The molecule has 7 heteroatoms. The average molecular weight is 417 g/mol. The van der Waals surface area contributed by atoms with Crippen molar-refractivity contribution in [2.45, 2.75) is 19.4 Å². The number of carbonyl (C=O) groups excluding carboxylic acids is 1. The van der Waals surface area contributed by atoms with Crippen LogP contribution >= 0.6 is 23.2 Å². The van der Waals surface area contributed by atoms with E-state index in [4.69, 9.17) is 32.7 Å². The molecule has 0 fully saturated rings. The van der Waals surface area contributed by atoms with Gasteiger partial charge >= 0.3 is 0 Å². The predicted molar refractivity (Wildman–Crippen MR) is 109 cm³/mol. The van der Waals surface area contributed by atoms with E-state index in [1.54, 1.807) is 6.07 Å². The van der Waals surface area contributed by atoms with Crippen LogP contribution in [0.15, 0.2) is 42.5 Å². The zero-order chi connectivity index (χ0) is 19.7. The predicted octanol–water partition coefficient (Wildman–Crippen LogP) is 4.87. The van der Waals surface area contributed by atoms with E-state index < -0.39 is 0 Å². The van der Waals surface area contributed by atoms with Gasteiger partial charge in [0.15, 0.2) is 12.4 Å². The van der Waals surface area contributed by atoms with Gasteiger partial charge in [0.05, 0.1) is 22.7 Å². The van der Waals surface area contributed by atoms with Crippen molar-refractivity contribution in [3.63, 3.8) is 0 Å². The van der Waals surface area contributed by atoms with Crippen molar-refractivity contribution >= 4 is 40.0 Å². The number of hydrogen-bond acceptors (Lipinski definition) is 4. The molecular weight excluding hydrogens is 399 g/mol. The van der Waals surface area contributed by atoms with Gasteiger partial charge in [0.25, 0.3) is 5.91 Å². The van der Waals surface area contributed by atoms with Crippen molar-refractivity contribution in [2.75, 3.05) is 13.2 Å². The number of fused-ring (bicyclic) bond motifs is 2.